The third-order valence-electron chi connectivity index (χ3n) is 5.53. The van der Waals surface area contributed by atoms with E-state index in [-0.39, 0.29) is 11.7 Å². The smallest absolute Gasteiger partial charge is 0.255 e. The molecule has 4 rings (SSSR count). The van der Waals surface area contributed by atoms with Gasteiger partial charge < -0.3 is 15.0 Å². The van der Waals surface area contributed by atoms with Crippen LogP contribution in [0.3, 0.4) is 0 Å². The number of allylic oxidation sites excluding steroid dienone is 2. The monoisotopic (exact) mass is 487 g/mol. The van der Waals surface area contributed by atoms with Crippen LogP contribution >= 0.6 is 11.3 Å². The Morgan fingerprint density at radius 1 is 1.11 bits per heavy atom. The van der Waals surface area contributed by atoms with Gasteiger partial charge in [0.25, 0.3) is 5.91 Å². The minimum Gasteiger partial charge on any atom is -0.486 e. The standard InChI is InChI=1S/C28H26FN3O2S/c1-4-20(3)32(24-11-7-22(29)8-12-24)26-17-21(6-5-19(26)2)28(33)31-23-9-13-25(14-10-23)34-18-27-30-15-16-35-27/h4-17H,18H2,1-3H3,(H,31,33)/b20-4-. The number of hydrogen-bond donors (Lipinski definition) is 1. The normalized spacial score (nSPS) is 11.3. The van der Waals surface area contributed by atoms with E-state index >= 15 is 0 Å². The second kappa shape index (κ2) is 11.0. The summed E-state index contributed by atoms with van der Waals surface area (Å²) in [6.45, 7) is 6.32. The van der Waals surface area contributed by atoms with Crippen molar-refractivity contribution in [3.05, 3.63) is 112 Å². The molecule has 0 saturated carbocycles. The van der Waals surface area contributed by atoms with Crippen LogP contribution in [0.2, 0.25) is 0 Å². The number of aryl methyl sites for hydroxylation is 1. The van der Waals surface area contributed by atoms with Crippen molar-refractivity contribution in [2.75, 3.05) is 10.2 Å². The van der Waals surface area contributed by atoms with Crippen molar-refractivity contribution in [3.63, 3.8) is 0 Å². The van der Waals surface area contributed by atoms with Crippen LogP contribution in [0.15, 0.2) is 90.1 Å². The molecule has 3 aromatic carbocycles. The molecule has 1 aromatic heterocycles. The van der Waals surface area contributed by atoms with Crippen molar-refractivity contribution >= 4 is 34.3 Å². The summed E-state index contributed by atoms with van der Waals surface area (Å²) in [5.41, 5.74) is 4.81. The van der Waals surface area contributed by atoms with Crippen molar-refractivity contribution in [3.8, 4) is 5.75 Å². The van der Waals surface area contributed by atoms with Crippen LogP contribution in [0.25, 0.3) is 0 Å². The van der Waals surface area contributed by atoms with Gasteiger partial charge in [-0.2, -0.15) is 0 Å². The summed E-state index contributed by atoms with van der Waals surface area (Å²) in [7, 11) is 0. The molecule has 0 aliphatic carbocycles. The van der Waals surface area contributed by atoms with Crippen LogP contribution in [0, 0.1) is 12.7 Å². The van der Waals surface area contributed by atoms with Gasteiger partial charge >= 0.3 is 0 Å². The van der Waals surface area contributed by atoms with Gasteiger partial charge in [0, 0.05) is 39.9 Å². The zero-order chi connectivity index (χ0) is 24.8. The Morgan fingerprint density at radius 2 is 1.86 bits per heavy atom. The number of anilines is 3. The Balaban J connectivity index is 1.52. The summed E-state index contributed by atoms with van der Waals surface area (Å²) in [5, 5.41) is 5.76. The van der Waals surface area contributed by atoms with Gasteiger partial charge in [0.05, 0.1) is 0 Å². The van der Waals surface area contributed by atoms with Crippen LogP contribution in [0.1, 0.15) is 34.8 Å². The maximum absolute atomic E-state index is 13.5. The van der Waals surface area contributed by atoms with E-state index in [2.05, 4.69) is 10.3 Å². The average Bonchev–Trinajstić information content (AvgIpc) is 3.39. The minimum atomic E-state index is -0.295. The number of benzene rings is 3. The van der Waals surface area contributed by atoms with E-state index < -0.39 is 0 Å². The number of halogens is 1. The number of hydrogen-bond acceptors (Lipinski definition) is 5. The first-order valence-electron chi connectivity index (χ1n) is 11.2. The number of carbonyl (C=O) groups is 1. The largest absolute Gasteiger partial charge is 0.486 e. The first-order chi connectivity index (χ1) is 16.9. The summed E-state index contributed by atoms with van der Waals surface area (Å²) in [5.74, 6) is 0.184. The van der Waals surface area contributed by atoms with Crippen LogP contribution < -0.4 is 15.0 Å². The van der Waals surface area contributed by atoms with E-state index in [0.29, 0.717) is 23.6 Å². The topological polar surface area (TPSA) is 54.5 Å². The van der Waals surface area contributed by atoms with Gasteiger partial charge in [-0.15, -0.1) is 11.3 Å². The van der Waals surface area contributed by atoms with Crippen molar-refractivity contribution in [1.29, 1.82) is 0 Å². The van der Waals surface area contributed by atoms with Crippen molar-refractivity contribution in [2.45, 2.75) is 27.4 Å². The summed E-state index contributed by atoms with van der Waals surface area (Å²) in [6, 6.07) is 19.1. The molecule has 0 bridgehead atoms. The molecule has 7 heteroatoms. The molecule has 178 valence electrons. The fraction of sp³-hybridized carbons (Fsp3) is 0.143. The highest BCUT2D eigenvalue weighted by Crippen LogP contribution is 2.33. The van der Waals surface area contributed by atoms with Gasteiger partial charge in [0.1, 0.15) is 23.2 Å². The van der Waals surface area contributed by atoms with Crippen molar-refractivity contribution in [1.82, 2.24) is 4.98 Å². The number of amides is 1. The van der Waals surface area contributed by atoms with Gasteiger partial charge in [-0.1, -0.05) is 12.1 Å². The molecule has 0 aliphatic heterocycles. The molecule has 0 radical (unpaired) electrons. The van der Waals surface area contributed by atoms with Crippen molar-refractivity contribution in [2.24, 2.45) is 0 Å². The summed E-state index contributed by atoms with van der Waals surface area (Å²) < 4.78 is 19.3. The summed E-state index contributed by atoms with van der Waals surface area (Å²) in [6.07, 6.45) is 3.73. The van der Waals surface area contributed by atoms with Crippen LogP contribution in [0.5, 0.6) is 5.75 Å². The van der Waals surface area contributed by atoms with Crippen molar-refractivity contribution < 1.29 is 13.9 Å². The Morgan fingerprint density at radius 3 is 2.51 bits per heavy atom. The molecule has 0 saturated heterocycles. The molecule has 4 aromatic rings. The van der Waals surface area contributed by atoms with Gasteiger partial charge in [0.2, 0.25) is 0 Å². The number of nitrogens with zero attached hydrogens (tertiary/aromatic N) is 2. The van der Waals surface area contributed by atoms with Crippen LogP contribution in [-0.2, 0) is 6.61 Å². The van der Waals surface area contributed by atoms with Gasteiger partial charge in [-0.05, 0) is 87.0 Å². The maximum atomic E-state index is 13.5. The van der Waals surface area contributed by atoms with Gasteiger partial charge in [-0.3, -0.25) is 4.79 Å². The van der Waals surface area contributed by atoms with E-state index in [0.717, 1.165) is 27.6 Å². The predicted molar refractivity (Wildman–Crippen MR) is 140 cm³/mol. The lowest BCUT2D eigenvalue weighted by Crippen LogP contribution is -2.17. The highest BCUT2D eigenvalue weighted by molar-refractivity contribution is 7.09. The Labute approximate surface area is 208 Å². The first kappa shape index (κ1) is 24.2. The third-order valence-corrected chi connectivity index (χ3v) is 6.28. The van der Waals surface area contributed by atoms with Gasteiger partial charge in [-0.25, -0.2) is 9.37 Å². The molecule has 1 amide bonds. The highest BCUT2D eigenvalue weighted by atomic mass is 32.1. The fourth-order valence-electron chi connectivity index (χ4n) is 3.55. The van der Waals surface area contributed by atoms with Crippen LogP contribution in [-0.4, -0.2) is 10.9 Å². The molecule has 0 fully saturated rings. The van der Waals surface area contributed by atoms with E-state index in [1.165, 1.54) is 12.1 Å². The molecular weight excluding hydrogens is 461 g/mol. The summed E-state index contributed by atoms with van der Waals surface area (Å²) >= 11 is 1.54. The molecule has 1 heterocycles. The number of thiazole rings is 1. The Kier molecular flexibility index (Phi) is 7.57. The lowest BCUT2D eigenvalue weighted by atomic mass is 10.1. The molecule has 0 spiro atoms. The van der Waals surface area contributed by atoms with E-state index in [4.69, 9.17) is 4.74 Å². The second-order valence-electron chi connectivity index (χ2n) is 7.94. The number of rotatable bonds is 8. The SMILES string of the molecule is C/C=C(/C)N(c1ccc(F)cc1)c1cc(C(=O)Nc2ccc(OCc3nccs3)cc2)ccc1C. The second-order valence-corrected chi connectivity index (χ2v) is 8.92. The lowest BCUT2D eigenvalue weighted by Gasteiger charge is -2.28. The summed E-state index contributed by atoms with van der Waals surface area (Å²) in [4.78, 5) is 19.3. The zero-order valence-electron chi connectivity index (χ0n) is 19.8. The number of nitrogens with one attached hydrogen (secondary N) is 1. The average molecular weight is 488 g/mol. The minimum absolute atomic E-state index is 0.222. The van der Waals surface area contributed by atoms with Gasteiger partial charge in [0.15, 0.2) is 0 Å². The quantitative estimate of drug-likeness (QED) is 0.280. The third kappa shape index (κ3) is 5.94. The molecule has 0 aliphatic rings. The van der Waals surface area contributed by atoms with E-state index in [1.807, 2.05) is 61.4 Å². The molecular formula is C28H26FN3O2S. The van der Waals surface area contributed by atoms with E-state index in [1.54, 1.807) is 47.9 Å². The zero-order valence-corrected chi connectivity index (χ0v) is 20.6. The molecule has 0 unspecified atom stereocenters. The number of ether oxygens (including phenoxy) is 1. The Bertz CT molecular complexity index is 1320. The molecule has 0 atom stereocenters. The highest BCUT2D eigenvalue weighted by Gasteiger charge is 2.17. The molecule has 1 N–H and O–H groups in total. The first-order valence-corrected chi connectivity index (χ1v) is 12.0. The number of carbonyl (C=O) groups excluding carboxylic acids is 1. The maximum Gasteiger partial charge on any atom is 0.255 e. The predicted octanol–water partition coefficient (Wildman–Crippen LogP) is 7.48. The van der Waals surface area contributed by atoms with Crippen LogP contribution in [0.4, 0.5) is 21.5 Å². The Hall–Kier alpha value is -3.97. The molecule has 35 heavy (non-hydrogen) atoms. The lowest BCUT2D eigenvalue weighted by molar-refractivity contribution is 0.102. The number of aromatic nitrogens is 1. The van der Waals surface area contributed by atoms with E-state index in [9.17, 15) is 9.18 Å². The molecule has 5 nitrogen and oxygen atoms in total. The fourth-order valence-corrected chi connectivity index (χ4v) is 4.08.